The van der Waals surface area contributed by atoms with Crippen molar-refractivity contribution >= 4 is 11.6 Å². The fourth-order valence-corrected chi connectivity index (χ4v) is 1.84. The summed E-state index contributed by atoms with van der Waals surface area (Å²) in [4.78, 5) is 4.26. The van der Waals surface area contributed by atoms with E-state index in [0.29, 0.717) is 29.8 Å². The molecule has 5 heteroatoms. The standard InChI is InChI=1S/C14H15ClN2O2/c1-18-14-4-2-3-11(17-14)9-19-12-6-5-10(8-16)13(15)7-12/h2-7H,8-9,16H2,1H3. The van der Waals surface area contributed by atoms with Crippen molar-refractivity contribution in [3.05, 3.63) is 52.7 Å². The van der Waals surface area contributed by atoms with Gasteiger partial charge in [0.25, 0.3) is 0 Å². The fourth-order valence-electron chi connectivity index (χ4n) is 1.59. The molecular weight excluding hydrogens is 264 g/mol. The molecule has 2 rings (SSSR count). The van der Waals surface area contributed by atoms with Gasteiger partial charge >= 0.3 is 0 Å². The van der Waals surface area contributed by atoms with Gasteiger partial charge in [0.15, 0.2) is 0 Å². The fraction of sp³-hybridized carbons (Fsp3) is 0.214. The molecule has 0 saturated carbocycles. The van der Waals surface area contributed by atoms with Crippen molar-refractivity contribution in [2.24, 2.45) is 5.73 Å². The number of nitrogens with two attached hydrogens (primary N) is 1. The minimum atomic E-state index is 0.357. The molecule has 1 aromatic carbocycles. The quantitative estimate of drug-likeness (QED) is 0.914. The first kappa shape index (κ1) is 13.6. The topological polar surface area (TPSA) is 57.4 Å². The third kappa shape index (κ3) is 3.59. The molecular formula is C14H15ClN2O2. The van der Waals surface area contributed by atoms with Crippen LogP contribution in [0.4, 0.5) is 0 Å². The van der Waals surface area contributed by atoms with E-state index in [-0.39, 0.29) is 0 Å². The molecule has 0 bridgehead atoms. The van der Waals surface area contributed by atoms with Crippen molar-refractivity contribution in [1.29, 1.82) is 0 Å². The number of hydrogen-bond donors (Lipinski definition) is 1. The van der Waals surface area contributed by atoms with Crippen LogP contribution in [0.2, 0.25) is 5.02 Å². The van der Waals surface area contributed by atoms with E-state index < -0.39 is 0 Å². The number of hydrogen-bond acceptors (Lipinski definition) is 4. The van der Waals surface area contributed by atoms with Gasteiger partial charge in [0.2, 0.25) is 5.88 Å². The smallest absolute Gasteiger partial charge is 0.213 e. The van der Waals surface area contributed by atoms with Crippen molar-refractivity contribution in [3.8, 4) is 11.6 Å². The minimum absolute atomic E-state index is 0.357. The third-order valence-corrected chi connectivity index (χ3v) is 2.97. The van der Waals surface area contributed by atoms with E-state index in [4.69, 9.17) is 26.8 Å². The van der Waals surface area contributed by atoms with Gasteiger partial charge in [-0.2, -0.15) is 0 Å². The van der Waals surface area contributed by atoms with Crippen molar-refractivity contribution in [2.75, 3.05) is 7.11 Å². The molecule has 19 heavy (non-hydrogen) atoms. The van der Waals surface area contributed by atoms with Crippen LogP contribution in [0.3, 0.4) is 0 Å². The second-order valence-corrected chi connectivity index (χ2v) is 4.32. The minimum Gasteiger partial charge on any atom is -0.487 e. The van der Waals surface area contributed by atoms with Crippen molar-refractivity contribution in [3.63, 3.8) is 0 Å². The van der Waals surface area contributed by atoms with E-state index in [1.807, 2.05) is 24.3 Å². The van der Waals surface area contributed by atoms with Gasteiger partial charge in [-0.25, -0.2) is 4.98 Å². The van der Waals surface area contributed by atoms with Gasteiger partial charge in [0.05, 0.1) is 12.8 Å². The molecule has 100 valence electrons. The Kier molecular flexibility index (Phi) is 4.60. The molecule has 1 heterocycles. The molecule has 0 atom stereocenters. The van der Waals surface area contributed by atoms with Gasteiger partial charge in [-0.1, -0.05) is 23.7 Å². The van der Waals surface area contributed by atoms with Crippen LogP contribution in [0.1, 0.15) is 11.3 Å². The van der Waals surface area contributed by atoms with Gasteiger partial charge in [0.1, 0.15) is 12.4 Å². The van der Waals surface area contributed by atoms with Gasteiger partial charge in [-0.05, 0) is 23.8 Å². The average Bonchev–Trinajstić information content (AvgIpc) is 2.45. The summed E-state index contributed by atoms with van der Waals surface area (Å²) in [6.07, 6.45) is 0. The lowest BCUT2D eigenvalue weighted by atomic mass is 10.2. The first-order valence-corrected chi connectivity index (χ1v) is 6.22. The van der Waals surface area contributed by atoms with Gasteiger partial charge in [-0.3, -0.25) is 0 Å². The Bertz CT molecular complexity index is 561. The SMILES string of the molecule is COc1cccc(COc2ccc(CN)c(Cl)c2)n1. The summed E-state index contributed by atoms with van der Waals surface area (Å²) in [5, 5.41) is 0.610. The summed E-state index contributed by atoms with van der Waals surface area (Å²) in [5.41, 5.74) is 7.24. The van der Waals surface area contributed by atoms with Crippen LogP contribution in [0.25, 0.3) is 0 Å². The third-order valence-electron chi connectivity index (χ3n) is 2.62. The molecule has 2 N–H and O–H groups in total. The number of halogens is 1. The number of nitrogens with zero attached hydrogens (tertiary/aromatic N) is 1. The molecule has 0 aliphatic rings. The summed E-state index contributed by atoms with van der Waals surface area (Å²) >= 11 is 6.06. The molecule has 0 fully saturated rings. The lowest BCUT2D eigenvalue weighted by Crippen LogP contribution is -2.01. The Balaban J connectivity index is 2.03. The predicted molar refractivity (Wildman–Crippen MR) is 74.5 cm³/mol. The van der Waals surface area contributed by atoms with E-state index in [0.717, 1.165) is 11.3 Å². The van der Waals surface area contributed by atoms with Gasteiger partial charge in [-0.15, -0.1) is 0 Å². The van der Waals surface area contributed by atoms with Crippen LogP contribution < -0.4 is 15.2 Å². The second kappa shape index (κ2) is 6.41. The second-order valence-electron chi connectivity index (χ2n) is 3.92. The van der Waals surface area contributed by atoms with Crippen LogP contribution in [-0.2, 0) is 13.2 Å². The highest BCUT2D eigenvalue weighted by molar-refractivity contribution is 6.31. The summed E-state index contributed by atoms with van der Waals surface area (Å²) < 4.78 is 10.7. The summed E-state index contributed by atoms with van der Waals surface area (Å²) in [5.74, 6) is 1.25. The highest BCUT2D eigenvalue weighted by Gasteiger charge is 2.03. The predicted octanol–water partition coefficient (Wildman–Crippen LogP) is 2.78. The number of rotatable bonds is 5. The normalized spacial score (nSPS) is 10.3. The molecule has 0 aliphatic carbocycles. The maximum atomic E-state index is 6.06. The van der Waals surface area contributed by atoms with Crippen LogP contribution >= 0.6 is 11.6 Å². The maximum absolute atomic E-state index is 6.06. The molecule has 0 amide bonds. The molecule has 1 aromatic heterocycles. The molecule has 0 spiro atoms. The monoisotopic (exact) mass is 278 g/mol. The zero-order valence-electron chi connectivity index (χ0n) is 10.6. The molecule has 0 aliphatic heterocycles. The molecule has 0 saturated heterocycles. The number of ether oxygens (including phenoxy) is 2. The number of pyridine rings is 1. The highest BCUT2D eigenvalue weighted by atomic mass is 35.5. The number of methoxy groups -OCH3 is 1. The summed E-state index contributed by atoms with van der Waals surface area (Å²) in [6.45, 7) is 0.770. The molecule has 0 unspecified atom stereocenters. The Morgan fingerprint density at radius 1 is 1.26 bits per heavy atom. The summed E-state index contributed by atoms with van der Waals surface area (Å²) in [6, 6.07) is 11.0. The van der Waals surface area contributed by atoms with Gasteiger partial charge in [0, 0.05) is 17.6 Å². The zero-order valence-corrected chi connectivity index (χ0v) is 11.4. The van der Waals surface area contributed by atoms with E-state index in [1.54, 1.807) is 19.2 Å². The van der Waals surface area contributed by atoms with E-state index >= 15 is 0 Å². The Labute approximate surface area is 117 Å². The first-order valence-electron chi connectivity index (χ1n) is 5.84. The van der Waals surface area contributed by atoms with Gasteiger partial charge < -0.3 is 15.2 Å². The average molecular weight is 279 g/mol. The molecule has 4 nitrogen and oxygen atoms in total. The summed E-state index contributed by atoms with van der Waals surface area (Å²) in [7, 11) is 1.58. The van der Waals surface area contributed by atoms with Crippen molar-refractivity contribution < 1.29 is 9.47 Å². The lowest BCUT2D eigenvalue weighted by molar-refractivity contribution is 0.298. The van der Waals surface area contributed by atoms with Crippen LogP contribution in [0.5, 0.6) is 11.6 Å². The van der Waals surface area contributed by atoms with E-state index in [9.17, 15) is 0 Å². The van der Waals surface area contributed by atoms with Crippen LogP contribution in [-0.4, -0.2) is 12.1 Å². The Morgan fingerprint density at radius 3 is 2.79 bits per heavy atom. The maximum Gasteiger partial charge on any atom is 0.213 e. The van der Waals surface area contributed by atoms with Crippen LogP contribution in [0, 0.1) is 0 Å². The van der Waals surface area contributed by atoms with E-state index in [2.05, 4.69) is 4.98 Å². The Morgan fingerprint density at radius 2 is 2.11 bits per heavy atom. The number of benzene rings is 1. The van der Waals surface area contributed by atoms with E-state index in [1.165, 1.54) is 0 Å². The first-order chi connectivity index (χ1) is 9.22. The molecule has 0 radical (unpaired) electrons. The van der Waals surface area contributed by atoms with Crippen LogP contribution in [0.15, 0.2) is 36.4 Å². The molecule has 2 aromatic rings. The number of aromatic nitrogens is 1. The highest BCUT2D eigenvalue weighted by Crippen LogP contribution is 2.23. The van der Waals surface area contributed by atoms with Crippen molar-refractivity contribution in [1.82, 2.24) is 4.98 Å². The lowest BCUT2D eigenvalue weighted by Gasteiger charge is -2.08. The Hall–Kier alpha value is -1.78. The zero-order chi connectivity index (χ0) is 13.7. The largest absolute Gasteiger partial charge is 0.487 e. The van der Waals surface area contributed by atoms with Crippen molar-refractivity contribution in [2.45, 2.75) is 13.2 Å².